The van der Waals surface area contributed by atoms with Gasteiger partial charge in [0.1, 0.15) is 5.75 Å². The number of halogens is 2. The Morgan fingerprint density at radius 2 is 1.84 bits per heavy atom. The van der Waals surface area contributed by atoms with Crippen molar-refractivity contribution in [2.75, 3.05) is 18.8 Å². The van der Waals surface area contributed by atoms with E-state index in [1.165, 1.54) is 30.2 Å². The number of hydrogen-bond donors (Lipinski definition) is 0. The van der Waals surface area contributed by atoms with Gasteiger partial charge in [-0.3, -0.25) is 4.90 Å². The first-order chi connectivity index (χ1) is 14.7. The average Bonchev–Trinajstić information content (AvgIpc) is 3.11. The molecule has 1 aliphatic heterocycles. The van der Waals surface area contributed by atoms with Crippen LogP contribution in [-0.2, 0) is 22.3 Å². The van der Waals surface area contributed by atoms with Crippen molar-refractivity contribution in [2.24, 2.45) is 5.92 Å². The van der Waals surface area contributed by atoms with E-state index in [9.17, 15) is 17.2 Å². The van der Waals surface area contributed by atoms with Crippen molar-refractivity contribution in [3.8, 4) is 5.75 Å². The summed E-state index contributed by atoms with van der Waals surface area (Å²) in [6.07, 6.45) is 4.64. The highest BCUT2D eigenvalue weighted by Crippen LogP contribution is 2.30. The number of likely N-dealkylation sites (tertiary alicyclic amines) is 1. The molecule has 1 aliphatic carbocycles. The molecular formula is C24H29F2NO3S. The molecule has 7 heteroatoms. The predicted octanol–water partition coefficient (Wildman–Crippen LogP) is 5.03. The molecule has 4 rings (SSSR count). The van der Waals surface area contributed by atoms with E-state index in [-0.39, 0.29) is 22.1 Å². The first kappa shape index (κ1) is 22.2. The first-order valence-electron chi connectivity index (χ1n) is 10.9. The van der Waals surface area contributed by atoms with Gasteiger partial charge in [-0.05, 0) is 68.0 Å². The van der Waals surface area contributed by atoms with Gasteiger partial charge in [0.15, 0.2) is 9.84 Å². The molecule has 168 valence electrons. The zero-order chi connectivity index (χ0) is 22.1. The summed E-state index contributed by atoms with van der Waals surface area (Å²) in [6, 6.07) is 13.3. The van der Waals surface area contributed by atoms with Gasteiger partial charge in [0.25, 0.3) is 5.92 Å². The van der Waals surface area contributed by atoms with Gasteiger partial charge < -0.3 is 4.74 Å². The smallest absolute Gasteiger partial charge is 0.270 e. The molecule has 0 radical (unpaired) electrons. The van der Waals surface area contributed by atoms with Crippen LogP contribution in [0.4, 0.5) is 8.78 Å². The molecule has 2 aromatic rings. The summed E-state index contributed by atoms with van der Waals surface area (Å²) >= 11 is 0. The Bertz CT molecular complexity index is 998. The van der Waals surface area contributed by atoms with E-state index in [2.05, 4.69) is 17.0 Å². The molecule has 4 nitrogen and oxygen atoms in total. The molecule has 0 spiro atoms. The Kier molecular flexibility index (Phi) is 6.35. The summed E-state index contributed by atoms with van der Waals surface area (Å²) in [5, 5.41) is 0. The lowest BCUT2D eigenvalue weighted by molar-refractivity contribution is 0.0172. The third-order valence-electron chi connectivity index (χ3n) is 6.21. The maximum atomic E-state index is 13.6. The van der Waals surface area contributed by atoms with Crippen LogP contribution in [0.5, 0.6) is 5.75 Å². The SMILES string of the molecule is CC(F)(F)c1cccc(S(=O)(=O)C[C@@H]2CCN(Cc3ccc(OC4CCC4)cc3)C2)c1. The van der Waals surface area contributed by atoms with Gasteiger partial charge in [0.05, 0.1) is 16.8 Å². The van der Waals surface area contributed by atoms with Gasteiger partial charge in [-0.25, -0.2) is 17.2 Å². The summed E-state index contributed by atoms with van der Waals surface area (Å²) < 4.78 is 58.7. The number of benzene rings is 2. The number of nitrogens with zero attached hydrogens (tertiary/aromatic N) is 1. The molecule has 1 saturated heterocycles. The third kappa shape index (κ3) is 5.63. The summed E-state index contributed by atoms with van der Waals surface area (Å²) in [5.74, 6) is -2.18. The minimum absolute atomic E-state index is 0.00276. The Morgan fingerprint density at radius 3 is 2.48 bits per heavy atom. The molecular weight excluding hydrogens is 420 g/mol. The zero-order valence-electron chi connectivity index (χ0n) is 17.8. The lowest BCUT2D eigenvalue weighted by Crippen LogP contribution is -2.24. The van der Waals surface area contributed by atoms with Crippen LogP contribution in [0.25, 0.3) is 0 Å². The molecule has 2 fully saturated rings. The molecule has 31 heavy (non-hydrogen) atoms. The Labute approximate surface area is 183 Å². The molecule has 0 N–H and O–H groups in total. The van der Waals surface area contributed by atoms with Crippen LogP contribution >= 0.6 is 0 Å². The molecule has 0 aromatic heterocycles. The molecule has 0 unspecified atom stereocenters. The summed E-state index contributed by atoms with van der Waals surface area (Å²) in [7, 11) is -3.61. The summed E-state index contributed by atoms with van der Waals surface area (Å²) in [4.78, 5) is 2.23. The van der Waals surface area contributed by atoms with Crippen LogP contribution in [0.3, 0.4) is 0 Å². The number of hydrogen-bond acceptors (Lipinski definition) is 4. The fraction of sp³-hybridized carbons (Fsp3) is 0.500. The van der Waals surface area contributed by atoms with Crippen LogP contribution in [0.15, 0.2) is 53.4 Å². The lowest BCUT2D eigenvalue weighted by atomic mass is 9.96. The normalized spacial score (nSPS) is 20.5. The van der Waals surface area contributed by atoms with Crippen molar-refractivity contribution in [1.29, 1.82) is 0 Å². The minimum Gasteiger partial charge on any atom is -0.490 e. The molecule has 0 bridgehead atoms. The second-order valence-corrected chi connectivity index (χ2v) is 10.9. The Balaban J connectivity index is 1.32. The standard InChI is InChI=1S/C24H29F2NO3S/c1-24(25,26)20-4-2-7-23(14-20)31(28,29)17-19-12-13-27(16-19)15-18-8-10-22(11-9-18)30-21-5-3-6-21/h2,4,7-11,14,19,21H,3,5-6,12-13,15-17H2,1H3/t19-/m1/s1. The van der Waals surface area contributed by atoms with E-state index < -0.39 is 15.8 Å². The van der Waals surface area contributed by atoms with Crippen molar-refractivity contribution >= 4 is 9.84 Å². The second-order valence-electron chi connectivity index (χ2n) is 8.90. The number of rotatable bonds is 8. The van der Waals surface area contributed by atoms with Crippen LogP contribution in [-0.4, -0.2) is 38.3 Å². The summed E-state index contributed by atoms with van der Waals surface area (Å²) in [5.41, 5.74) is 0.897. The average molecular weight is 450 g/mol. The van der Waals surface area contributed by atoms with Gasteiger partial charge >= 0.3 is 0 Å². The van der Waals surface area contributed by atoms with Crippen LogP contribution in [0, 0.1) is 5.92 Å². The molecule has 2 aliphatic rings. The number of sulfone groups is 1. The molecule has 1 heterocycles. The lowest BCUT2D eigenvalue weighted by Gasteiger charge is -2.26. The maximum Gasteiger partial charge on any atom is 0.270 e. The molecule has 2 aromatic carbocycles. The fourth-order valence-corrected chi connectivity index (χ4v) is 5.85. The zero-order valence-corrected chi connectivity index (χ0v) is 18.6. The van der Waals surface area contributed by atoms with Crippen molar-refractivity contribution < 1.29 is 21.9 Å². The Morgan fingerprint density at radius 1 is 1.10 bits per heavy atom. The van der Waals surface area contributed by atoms with Crippen molar-refractivity contribution in [3.63, 3.8) is 0 Å². The highest BCUT2D eigenvalue weighted by atomic mass is 32.2. The van der Waals surface area contributed by atoms with Crippen molar-refractivity contribution in [3.05, 3.63) is 59.7 Å². The number of alkyl halides is 2. The van der Waals surface area contributed by atoms with E-state index in [4.69, 9.17) is 4.74 Å². The monoisotopic (exact) mass is 449 g/mol. The van der Waals surface area contributed by atoms with Gasteiger partial charge in [0, 0.05) is 25.6 Å². The third-order valence-corrected chi connectivity index (χ3v) is 8.09. The van der Waals surface area contributed by atoms with Gasteiger partial charge in [-0.2, -0.15) is 0 Å². The second kappa shape index (κ2) is 8.87. The van der Waals surface area contributed by atoms with E-state index in [1.807, 2.05) is 12.1 Å². The Hall–Kier alpha value is -1.99. The highest BCUT2D eigenvalue weighted by Gasteiger charge is 2.30. The fourth-order valence-electron chi connectivity index (χ4n) is 4.17. The molecule has 1 atom stereocenters. The minimum atomic E-state index is -3.61. The predicted molar refractivity (Wildman–Crippen MR) is 116 cm³/mol. The highest BCUT2D eigenvalue weighted by molar-refractivity contribution is 7.91. The molecule has 0 amide bonds. The molecule has 1 saturated carbocycles. The van der Waals surface area contributed by atoms with E-state index in [0.29, 0.717) is 12.6 Å². The van der Waals surface area contributed by atoms with Crippen molar-refractivity contribution in [2.45, 2.75) is 56.1 Å². The quantitative estimate of drug-likeness (QED) is 0.567. The summed E-state index contributed by atoms with van der Waals surface area (Å²) in [6.45, 7) is 3.05. The van der Waals surface area contributed by atoms with E-state index >= 15 is 0 Å². The van der Waals surface area contributed by atoms with Gasteiger partial charge in [-0.1, -0.05) is 24.3 Å². The van der Waals surface area contributed by atoms with Crippen molar-refractivity contribution in [1.82, 2.24) is 4.90 Å². The van der Waals surface area contributed by atoms with Crippen LogP contribution in [0.1, 0.15) is 43.7 Å². The number of ether oxygens (including phenoxy) is 1. The van der Waals surface area contributed by atoms with Gasteiger partial charge in [0.2, 0.25) is 0 Å². The largest absolute Gasteiger partial charge is 0.490 e. The topological polar surface area (TPSA) is 46.6 Å². The van der Waals surface area contributed by atoms with E-state index in [1.54, 1.807) is 0 Å². The first-order valence-corrected chi connectivity index (χ1v) is 12.5. The van der Waals surface area contributed by atoms with Gasteiger partial charge in [-0.15, -0.1) is 0 Å². The maximum absolute atomic E-state index is 13.6. The van der Waals surface area contributed by atoms with Crippen LogP contribution < -0.4 is 4.74 Å². The van der Waals surface area contributed by atoms with E-state index in [0.717, 1.165) is 51.1 Å². The van der Waals surface area contributed by atoms with Crippen LogP contribution in [0.2, 0.25) is 0 Å².